The van der Waals surface area contributed by atoms with Crippen molar-refractivity contribution in [3.8, 4) is 0 Å². The molecule has 0 radical (unpaired) electrons. The highest BCUT2D eigenvalue weighted by Crippen LogP contribution is 2.17. The molecule has 1 aliphatic carbocycles. The number of hydrogen-bond donors (Lipinski definition) is 1. The van der Waals surface area contributed by atoms with Gasteiger partial charge < -0.3 is 5.32 Å². The highest BCUT2D eigenvalue weighted by atomic mass is 16.2. The molecule has 6 heteroatoms. The fourth-order valence-electron chi connectivity index (χ4n) is 3.71. The molecule has 152 valence electrons. The van der Waals surface area contributed by atoms with Crippen molar-refractivity contribution in [2.75, 3.05) is 6.54 Å². The van der Waals surface area contributed by atoms with Gasteiger partial charge >= 0.3 is 0 Å². The maximum atomic E-state index is 12.9. The first kappa shape index (κ1) is 19.8. The fraction of sp³-hybridized carbons (Fsp3) is 0.250. The van der Waals surface area contributed by atoms with Crippen molar-refractivity contribution in [2.45, 2.75) is 32.7 Å². The predicted molar refractivity (Wildman–Crippen MR) is 114 cm³/mol. The topological polar surface area (TPSA) is 81.1 Å². The van der Waals surface area contributed by atoms with Crippen LogP contribution in [0.2, 0.25) is 0 Å². The molecule has 4 rings (SSSR count). The zero-order chi connectivity index (χ0) is 21.1. The van der Waals surface area contributed by atoms with Crippen molar-refractivity contribution in [1.82, 2.24) is 15.1 Å². The lowest BCUT2D eigenvalue weighted by atomic mass is 9.97. The number of carbonyl (C=O) groups excluding carboxylic acids is 2. The minimum absolute atomic E-state index is 0.153. The van der Waals surface area contributed by atoms with Gasteiger partial charge in [-0.2, -0.15) is 5.10 Å². The van der Waals surface area contributed by atoms with Crippen molar-refractivity contribution in [3.05, 3.63) is 98.5 Å². The monoisotopic (exact) mass is 401 g/mol. The molecule has 0 unspecified atom stereocenters. The molecule has 0 spiro atoms. The molecular formula is C24H23N3O3. The standard InChI is InChI=1S/C24H23N3O3/c1-16-9-11-17(12-10-16)23(29)19-6-2-3-7-20(19)24(30)25-13-14-27-22(28)15-18-5-4-8-21(18)26-27/h2-3,6-7,9-12,15H,4-5,8,13-14H2,1H3,(H,25,30). The molecule has 0 bridgehead atoms. The van der Waals surface area contributed by atoms with E-state index in [0.717, 1.165) is 36.1 Å². The third-order valence-electron chi connectivity index (χ3n) is 5.36. The normalized spacial score (nSPS) is 12.4. The van der Waals surface area contributed by atoms with Crippen LogP contribution in [-0.2, 0) is 19.4 Å². The summed E-state index contributed by atoms with van der Waals surface area (Å²) in [4.78, 5) is 37.8. The Morgan fingerprint density at radius 3 is 2.53 bits per heavy atom. The van der Waals surface area contributed by atoms with Crippen LogP contribution in [0, 0.1) is 6.92 Å². The van der Waals surface area contributed by atoms with Crippen molar-refractivity contribution >= 4 is 11.7 Å². The van der Waals surface area contributed by atoms with Crippen LogP contribution in [0.25, 0.3) is 0 Å². The van der Waals surface area contributed by atoms with E-state index in [-0.39, 0.29) is 30.3 Å². The van der Waals surface area contributed by atoms with Gasteiger partial charge in [-0.25, -0.2) is 4.68 Å². The average molecular weight is 401 g/mol. The van der Waals surface area contributed by atoms with Crippen molar-refractivity contribution in [3.63, 3.8) is 0 Å². The van der Waals surface area contributed by atoms with E-state index in [1.807, 2.05) is 19.1 Å². The van der Waals surface area contributed by atoms with Crippen LogP contribution in [0.3, 0.4) is 0 Å². The second-order valence-electron chi connectivity index (χ2n) is 7.53. The Kier molecular flexibility index (Phi) is 5.57. The summed E-state index contributed by atoms with van der Waals surface area (Å²) in [5, 5.41) is 7.22. The Morgan fingerprint density at radius 2 is 1.77 bits per heavy atom. The molecule has 1 N–H and O–H groups in total. The molecular weight excluding hydrogens is 378 g/mol. The Hall–Kier alpha value is -3.54. The van der Waals surface area contributed by atoms with E-state index in [1.54, 1.807) is 42.5 Å². The number of ketones is 1. The number of hydrogen-bond acceptors (Lipinski definition) is 4. The van der Waals surface area contributed by atoms with E-state index in [9.17, 15) is 14.4 Å². The molecule has 1 aliphatic rings. The fourth-order valence-corrected chi connectivity index (χ4v) is 3.71. The third-order valence-corrected chi connectivity index (χ3v) is 5.36. The van der Waals surface area contributed by atoms with Crippen molar-refractivity contribution in [2.24, 2.45) is 0 Å². The van der Waals surface area contributed by atoms with Crippen molar-refractivity contribution < 1.29 is 9.59 Å². The SMILES string of the molecule is Cc1ccc(C(=O)c2ccccc2C(=O)NCCn2nc3c(cc2=O)CCC3)cc1. The van der Waals surface area contributed by atoms with Crippen LogP contribution in [0.1, 0.15) is 49.5 Å². The van der Waals surface area contributed by atoms with Gasteiger partial charge in [0.1, 0.15) is 0 Å². The van der Waals surface area contributed by atoms with E-state index in [4.69, 9.17) is 0 Å². The van der Waals surface area contributed by atoms with Crippen LogP contribution >= 0.6 is 0 Å². The van der Waals surface area contributed by atoms with Gasteiger partial charge in [0.25, 0.3) is 11.5 Å². The number of aryl methyl sites for hydroxylation is 3. The summed E-state index contributed by atoms with van der Waals surface area (Å²) in [6.45, 7) is 2.49. The number of rotatable bonds is 6. The summed E-state index contributed by atoms with van der Waals surface area (Å²) in [5.41, 5.74) is 4.12. The summed E-state index contributed by atoms with van der Waals surface area (Å²) in [6.07, 6.45) is 2.81. The third kappa shape index (κ3) is 4.08. The number of aromatic nitrogens is 2. The lowest BCUT2D eigenvalue weighted by molar-refractivity contribution is 0.0940. The molecule has 30 heavy (non-hydrogen) atoms. The minimum atomic E-state index is -0.347. The van der Waals surface area contributed by atoms with Gasteiger partial charge in [-0.15, -0.1) is 0 Å². The van der Waals surface area contributed by atoms with Crippen LogP contribution in [0.15, 0.2) is 59.4 Å². The van der Waals surface area contributed by atoms with Gasteiger partial charge in [0.05, 0.1) is 17.8 Å². The van der Waals surface area contributed by atoms with E-state index in [0.29, 0.717) is 16.7 Å². The summed E-state index contributed by atoms with van der Waals surface area (Å²) in [6, 6.07) is 15.7. The molecule has 1 heterocycles. The molecule has 0 aliphatic heterocycles. The largest absolute Gasteiger partial charge is 0.350 e. The highest BCUT2D eigenvalue weighted by Gasteiger charge is 2.18. The molecule has 0 saturated carbocycles. The smallest absolute Gasteiger partial charge is 0.267 e. The second-order valence-corrected chi connectivity index (χ2v) is 7.53. The summed E-state index contributed by atoms with van der Waals surface area (Å²) in [5.74, 6) is -0.544. The van der Waals surface area contributed by atoms with Gasteiger partial charge in [0, 0.05) is 23.7 Å². The Morgan fingerprint density at radius 1 is 1.03 bits per heavy atom. The van der Waals surface area contributed by atoms with Gasteiger partial charge in [-0.3, -0.25) is 14.4 Å². The van der Waals surface area contributed by atoms with Crippen LogP contribution < -0.4 is 10.9 Å². The van der Waals surface area contributed by atoms with Crippen LogP contribution in [-0.4, -0.2) is 28.0 Å². The number of nitrogens with zero attached hydrogens (tertiary/aromatic N) is 2. The number of benzene rings is 2. The molecule has 1 aromatic heterocycles. The highest BCUT2D eigenvalue weighted by molar-refractivity contribution is 6.15. The molecule has 6 nitrogen and oxygen atoms in total. The number of amides is 1. The number of carbonyl (C=O) groups is 2. The summed E-state index contributed by atoms with van der Waals surface area (Å²) < 4.78 is 1.40. The maximum absolute atomic E-state index is 12.9. The van der Waals surface area contributed by atoms with Gasteiger partial charge in [-0.1, -0.05) is 48.0 Å². The lowest BCUT2D eigenvalue weighted by Crippen LogP contribution is -2.33. The number of nitrogens with one attached hydrogen (secondary N) is 1. The molecule has 0 fully saturated rings. The van der Waals surface area contributed by atoms with Crippen LogP contribution in [0.5, 0.6) is 0 Å². The number of fused-ring (bicyclic) bond motifs is 1. The van der Waals surface area contributed by atoms with Gasteiger partial charge in [0.2, 0.25) is 0 Å². The molecule has 0 saturated heterocycles. The zero-order valence-electron chi connectivity index (χ0n) is 16.9. The van der Waals surface area contributed by atoms with E-state index < -0.39 is 0 Å². The lowest BCUT2D eigenvalue weighted by Gasteiger charge is -2.11. The van der Waals surface area contributed by atoms with Crippen molar-refractivity contribution in [1.29, 1.82) is 0 Å². The van der Waals surface area contributed by atoms with Gasteiger partial charge in [0.15, 0.2) is 5.78 Å². The zero-order valence-corrected chi connectivity index (χ0v) is 16.9. The van der Waals surface area contributed by atoms with E-state index in [2.05, 4.69) is 10.4 Å². The molecule has 1 amide bonds. The molecule has 2 aromatic carbocycles. The quantitative estimate of drug-likeness (QED) is 0.644. The van der Waals surface area contributed by atoms with E-state index >= 15 is 0 Å². The molecule has 3 aromatic rings. The first-order valence-electron chi connectivity index (χ1n) is 10.1. The summed E-state index contributed by atoms with van der Waals surface area (Å²) in [7, 11) is 0. The minimum Gasteiger partial charge on any atom is -0.350 e. The van der Waals surface area contributed by atoms with E-state index in [1.165, 1.54) is 4.68 Å². The summed E-state index contributed by atoms with van der Waals surface area (Å²) >= 11 is 0. The first-order valence-corrected chi connectivity index (χ1v) is 10.1. The second kappa shape index (κ2) is 8.45. The van der Waals surface area contributed by atoms with Crippen LogP contribution in [0.4, 0.5) is 0 Å². The Labute approximate surface area is 174 Å². The average Bonchev–Trinajstić information content (AvgIpc) is 3.21. The van der Waals surface area contributed by atoms with Gasteiger partial charge in [-0.05, 0) is 37.8 Å². The first-order chi connectivity index (χ1) is 14.5. The molecule has 0 atom stereocenters. The maximum Gasteiger partial charge on any atom is 0.267 e. The Bertz CT molecular complexity index is 1160. The predicted octanol–water partition coefficient (Wildman–Crippen LogP) is 2.70. The Balaban J connectivity index is 1.46.